The van der Waals surface area contributed by atoms with Gasteiger partial charge in [-0.1, -0.05) is 23.7 Å². The first kappa shape index (κ1) is 14.8. The summed E-state index contributed by atoms with van der Waals surface area (Å²) >= 11 is 5.97. The summed E-state index contributed by atoms with van der Waals surface area (Å²) in [5.41, 5.74) is 7.97. The van der Waals surface area contributed by atoms with Gasteiger partial charge in [-0.05, 0) is 30.5 Å². The first-order valence-corrected chi connectivity index (χ1v) is 7.94. The van der Waals surface area contributed by atoms with Crippen molar-refractivity contribution in [2.24, 2.45) is 0 Å². The van der Waals surface area contributed by atoms with Gasteiger partial charge in [-0.25, -0.2) is 4.98 Å². The Balaban J connectivity index is 2.19. The fourth-order valence-electron chi connectivity index (χ4n) is 3.17. The van der Waals surface area contributed by atoms with E-state index in [0.717, 1.165) is 12.0 Å². The molecule has 0 amide bonds. The van der Waals surface area contributed by atoms with Crippen molar-refractivity contribution in [2.75, 3.05) is 5.73 Å². The maximum Gasteiger partial charge on any atom is 0.262 e. The number of nitrogens with two attached hydrogens (primary N) is 1. The van der Waals surface area contributed by atoms with Gasteiger partial charge >= 0.3 is 0 Å². The Morgan fingerprint density at radius 3 is 2.54 bits per heavy atom. The number of aromatic nitrogens is 3. The van der Waals surface area contributed by atoms with E-state index in [2.05, 4.69) is 15.0 Å². The van der Waals surface area contributed by atoms with Crippen LogP contribution in [0, 0.1) is 0 Å². The van der Waals surface area contributed by atoms with Crippen molar-refractivity contribution < 1.29 is 4.79 Å². The summed E-state index contributed by atoms with van der Waals surface area (Å²) in [4.78, 5) is 36.1. The number of rotatable bonds is 1. The number of nitrogen functional groups attached to an aromatic ring is 1. The molecule has 0 atom stereocenters. The number of Topliss-reactive ketones (excluding diaryl/α,β-unsaturated/α-hetero) is 1. The topological polar surface area (TPSA) is 102 Å². The molecular formula is C17H13ClN4O2. The molecule has 2 heterocycles. The van der Waals surface area contributed by atoms with E-state index in [1.807, 2.05) is 0 Å². The number of nitrogens with one attached hydrogen (secondary N) is 1. The standard InChI is InChI=1S/C17H13ClN4O2/c18-9-6-4-8(5-7-9)12-13-10(2-1-3-11(13)23)20-15-14(12)16(24)22-17(19)21-15/h4-7H,1-3H2,(H3,19,20,21,22,24). The summed E-state index contributed by atoms with van der Waals surface area (Å²) in [5, 5.41) is 0.856. The summed E-state index contributed by atoms with van der Waals surface area (Å²) in [6.07, 6.45) is 1.86. The smallest absolute Gasteiger partial charge is 0.262 e. The molecular weight excluding hydrogens is 328 g/mol. The summed E-state index contributed by atoms with van der Waals surface area (Å²) in [6.45, 7) is 0. The molecule has 6 nitrogen and oxygen atoms in total. The number of aryl methyl sites for hydroxylation is 1. The molecule has 0 radical (unpaired) electrons. The van der Waals surface area contributed by atoms with Gasteiger partial charge in [-0.15, -0.1) is 0 Å². The zero-order valence-electron chi connectivity index (χ0n) is 12.6. The van der Waals surface area contributed by atoms with Gasteiger partial charge in [0.05, 0.1) is 11.1 Å². The highest BCUT2D eigenvalue weighted by atomic mass is 35.5. The van der Waals surface area contributed by atoms with Gasteiger partial charge in [0.1, 0.15) is 0 Å². The zero-order valence-corrected chi connectivity index (χ0v) is 13.4. The van der Waals surface area contributed by atoms with E-state index in [0.29, 0.717) is 34.7 Å². The number of carbonyl (C=O) groups excluding carboxylic acids is 1. The van der Waals surface area contributed by atoms with Crippen molar-refractivity contribution in [3.8, 4) is 11.1 Å². The van der Waals surface area contributed by atoms with Crippen LogP contribution in [0.4, 0.5) is 5.95 Å². The van der Waals surface area contributed by atoms with Crippen molar-refractivity contribution in [2.45, 2.75) is 19.3 Å². The van der Waals surface area contributed by atoms with Gasteiger partial charge < -0.3 is 5.73 Å². The predicted octanol–water partition coefficient (Wildman–Crippen LogP) is 2.74. The number of hydrogen-bond acceptors (Lipinski definition) is 5. The molecule has 0 saturated carbocycles. The molecule has 120 valence electrons. The number of nitrogens with zero attached hydrogens (tertiary/aromatic N) is 2. The highest BCUT2D eigenvalue weighted by Gasteiger charge is 2.27. The van der Waals surface area contributed by atoms with Crippen LogP contribution in [0.3, 0.4) is 0 Å². The summed E-state index contributed by atoms with van der Waals surface area (Å²) in [7, 11) is 0. The minimum atomic E-state index is -0.406. The van der Waals surface area contributed by atoms with E-state index in [9.17, 15) is 9.59 Å². The fourth-order valence-corrected chi connectivity index (χ4v) is 3.29. The molecule has 3 aromatic rings. The van der Waals surface area contributed by atoms with Crippen molar-refractivity contribution >= 4 is 34.4 Å². The van der Waals surface area contributed by atoms with Gasteiger partial charge in [-0.2, -0.15) is 4.98 Å². The molecule has 0 fully saturated rings. The number of ketones is 1. The summed E-state index contributed by atoms with van der Waals surface area (Å²) in [5.74, 6) is -0.00373. The average Bonchev–Trinajstić information content (AvgIpc) is 2.54. The average molecular weight is 341 g/mol. The normalized spacial score (nSPS) is 14.0. The Labute approximate surface area is 141 Å². The number of carbonyl (C=O) groups is 1. The molecule has 2 aromatic heterocycles. The van der Waals surface area contributed by atoms with Crippen molar-refractivity contribution in [3.63, 3.8) is 0 Å². The third kappa shape index (κ3) is 2.27. The minimum absolute atomic E-state index is 0.00384. The number of hydrogen-bond donors (Lipinski definition) is 2. The number of halogens is 1. The van der Waals surface area contributed by atoms with Gasteiger partial charge in [0.25, 0.3) is 5.56 Å². The molecule has 1 aliphatic rings. The van der Waals surface area contributed by atoms with Crippen LogP contribution >= 0.6 is 11.6 Å². The Morgan fingerprint density at radius 2 is 1.79 bits per heavy atom. The predicted molar refractivity (Wildman–Crippen MR) is 92.3 cm³/mol. The van der Waals surface area contributed by atoms with E-state index in [4.69, 9.17) is 17.3 Å². The maximum absolute atomic E-state index is 12.5. The second-order valence-corrected chi connectivity index (χ2v) is 6.18. The number of fused-ring (bicyclic) bond motifs is 2. The Morgan fingerprint density at radius 1 is 1.04 bits per heavy atom. The van der Waals surface area contributed by atoms with E-state index in [1.165, 1.54) is 0 Å². The lowest BCUT2D eigenvalue weighted by Gasteiger charge is -2.19. The summed E-state index contributed by atoms with van der Waals surface area (Å²) < 4.78 is 0. The summed E-state index contributed by atoms with van der Waals surface area (Å²) in [6, 6.07) is 7.02. The van der Waals surface area contributed by atoms with Crippen LogP contribution in [0.5, 0.6) is 0 Å². The van der Waals surface area contributed by atoms with E-state index >= 15 is 0 Å². The number of aromatic amines is 1. The molecule has 0 saturated heterocycles. The highest BCUT2D eigenvalue weighted by molar-refractivity contribution is 6.30. The van der Waals surface area contributed by atoms with Crippen LogP contribution in [-0.4, -0.2) is 20.7 Å². The second-order valence-electron chi connectivity index (χ2n) is 5.74. The first-order valence-electron chi connectivity index (χ1n) is 7.56. The molecule has 0 unspecified atom stereocenters. The van der Waals surface area contributed by atoms with Crippen LogP contribution < -0.4 is 11.3 Å². The van der Waals surface area contributed by atoms with Crippen LogP contribution in [0.1, 0.15) is 28.9 Å². The molecule has 1 aliphatic carbocycles. The van der Waals surface area contributed by atoms with Gasteiger partial charge in [-0.3, -0.25) is 14.6 Å². The van der Waals surface area contributed by atoms with Gasteiger partial charge in [0.15, 0.2) is 11.4 Å². The van der Waals surface area contributed by atoms with Crippen LogP contribution in [0.15, 0.2) is 29.1 Å². The lowest BCUT2D eigenvalue weighted by atomic mass is 9.87. The number of pyridine rings is 1. The molecule has 24 heavy (non-hydrogen) atoms. The molecule has 7 heteroatoms. The molecule has 0 bridgehead atoms. The fraction of sp³-hybridized carbons (Fsp3) is 0.176. The Hall–Kier alpha value is -2.73. The quantitative estimate of drug-likeness (QED) is 0.709. The Bertz CT molecular complexity index is 1040. The van der Waals surface area contributed by atoms with Gasteiger partial charge in [0, 0.05) is 22.6 Å². The highest BCUT2D eigenvalue weighted by Crippen LogP contribution is 2.35. The molecule has 3 N–H and O–H groups in total. The minimum Gasteiger partial charge on any atom is -0.369 e. The number of anilines is 1. The van der Waals surface area contributed by atoms with E-state index < -0.39 is 5.56 Å². The maximum atomic E-state index is 12.5. The van der Waals surface area contributed by atoms with Gasteiger partial charge in [0.2, 0.25) is 5.95 Å². The molecule has 0 aliphatic heterocycles. The largest absolute Gasteiger partial charge is 0.369 e. The third-order valence-corrected chi connectivity index (χ3v) is 4.43. The lowest BCUT2D eigenvalue weighted by Crippen LogP contribution is -2.20. The lowest BCUT2D eigenvalue weighted by molar-refractivity contribution is 0.0972. The first-order chi connectivity index (χ1) is 11.5. The molecule has 4 rings (SSSR count). The van der Waals surface area contributed by atoms with E-state index in [1.54, 1.807) is 24.3 Å². The monoisotopic (exact) mass is 340 g/mol. The zero-order chi connectivity index (χ0) is 16.8. The van der Waals surface area contributed by atoms with Crippen LogP contribution in [0.2, 0.25) is 5.02 Å². The number of benzene rings is 1. The SMILES string of the molecule is Nc1nc2nc3c(c(-c4ccc(Cl)cc4)c2c(=O)[nH]1)C(=O)CCC3. The molecule has 1 aromatic carbocycles. The van der Waals surface area contributed by atoms with E-state index in [-0.39, 0.29) is 22.8 Å². The second kappa shape index (κ2) is 5.42. The Kier molecular flexibility index (Phi) is 3.35. The van der Waals surface area contributed by atoms with Crippen molar-refractivity contribution in [1.82, 2.24) is 15.0 Å². The van der Waals surface area contributed by atoms with Crippen molar-refractivity contribution in [1.29, 1.82) is 0 Å². The molecule has 0 spiro atoms. The van der Waals surface area contributed by atoms with Crippen LogP contribution in [0.25, 0.3) is 22.2 Å². The third-order valence-electron chi connectivity index (χ3n) is 4.18. The van der Waals surface area contributed by atoms with Crippen molar-refractivity contribution in [3.05, 3.63) is 50.9 Å². The van der Waals surface area contributed by atoms with Crippen LogP contribution in [-0.2, 0) is 6.42 Å². The number of H-pyrrole nitrogens is 1.